The molecule has 0 amide bonds. The van der Waals surface area contributed by atoms with Crippen LogP contribution in [0.1, 0.15) is 24.2 Å². The first-order valence-electron chi connectivity index (χ1n) is 4.20. The molecule has 0 spiro atoms. The van der Waals surface area contributed by atoms with Crippen molar-refractivity contribution in [2.24, 2.45) is 0 Å². The average Bonchev–Trinajstić information content (AvgIpc) is 2.01. The van der Waals surface area contributed by atoms with Crippen LogP contribution in [-0.4, -0.2) is 17.2 Å². The van der Waals surface area contributed by atoms with Crippen LogP contribution in [0.4, 0.5) is 4.39 Å². The zero-order valence-corrected chi connectivity index (χ0v) is 7.95. The maximum absolute atomic E-state index is 12.8. The topological polar surface area (TPSA) is 46.5 Å². The lowest BCUT2D eigenvalue weighted by Gasteiger charge is -2.11. The molecule has 0 aromatic heterocycles. The minimum Gasteiger partial charge on any atom is -0.490 e. The molecule has 0 fully saturated rings. The summed E-state index contributed by atoms with van der Waals surface area (Å²) in [5.74, 6) is -1.57. The van der Waals surface area contributed by atoms with E-state index in [4.69, 9.17) is 9.84 Å². The number of carboxylic acid groups (broad SMARTS) is 1. The molecule has 0 aliphatic heterocycles. The number of rotatable bonds is 3. The van der Waals surface area contributed by atoms with Gasteiger partial charge in [0, 0.05) is 6.07 Å². The van der Waals surface area contributed by atoms with Crippen LogP contribution in [0.2, 0.25) is 0 Å². The third kappa shape index (κ3) is 2.45. The SMILES string of the molecule is CC(C)Oc1cc(F)ccc1C(=O)O. The molecule has 1 aromatic carbocycles. The average molecular weight is 198 g/mol. The van der Waals surface area contributed by atoms with Gasteiger partial charge in [0.15, 0.2) is 0 Å². The Labute approximate surface area is 81.1 Å². The number of aromatic carboxylic acids is 1. The highest BCUT2D eigenvalue weighted by molar-refractivity contribution is 5.90. The van der Waals surface area contributed by atoms with Crippen molar-refractivity contribution in [1.29, 1.82) is 0 Å². The Balaban J connectivity index is 3.09. The fraction of sp³-hybridized carbons (Fsp3) is 0.300. The first-order chi connectivity index (χ1) is 6.50. The van der Waals surface area contributed by atoms with Gasteiger partial charge in [0.25, 0.3) is 0 Å². The molecule has 0 aliphatic rings. The molecule has 1 aromatic rings. The van der Waals surface area contributed by atoms with Gasteiger partial charge in [-0.15, -0.1) is 0 Å². The van der Waals surface area contributed by atoms with Gasteiger partial charge < -0.3 is 9.84 Å². The van der Waals surface area contributed by atoms with Gasteiger partial charge in [-0.25, -0.2) is 9.18 Å². The molecule has 0 saturated carbocycles. The van der Waals surface area contributed by atoms with Crippen molar-refractivity contribution in [2.45, 2.75) is 20.0 Å². The molecule has 0 heterocycles. The van der Waals surface area contributed by atoms with E-state index in [1.807, 2.05) is 0 Å². The molecule has 14 heavy (non-hydrogen) atoms. The molecule has 0 saturated heterocycles. The molecule has 0 atom stereocenters. The third-order valence-electron chi connectivity index (χ3n) is 1.54. The number of carbonyl (C=O) groups is 1. The Morgan fingerprint density at radius 1 is 1.50 bits per heavy atom. The second-order valence-electron chi connectivity index (χ2n) is 3.11. The molecule has 1 N–H and O–H groups in total. The molecule has 76 valence electrons. The van der Waals surface area contributed by atoms with Crippen LogP contribution >= 0.6 is 0 Å². The Morgan fingerprint density at radius 2 is 2.14 bits per heavy atom. The highest BCUT2D eigenvalue weighted by Crippen LogP contribution is 2.21. The molecule has 0 unspecified atom stereocenters. The number of carboxylic acids is 1. The molecule has 1 rings (SSSR count). The smallest absolute Gasteiger partial charge is 0.339 e. The number of ether oxygens (including phenoxy) is 1. The number of hydrogen-bond acceptors (Lipinski definition) is 2. The van der Waals surface area contributed by atoms with Gasteiger partial charge in [0.1, 0.15) is 17.1 Å². The van der Waals surface area contributed by atoms with E-state index in [1.165, 1.54) is 6.07 Å². The van der Waals surface area contributed by atoms with Crippen molar-refractivity contribution in [3.05, 3.63) is 29.6 Å². The van der Waals surface area contributed by atoms with E-state index in [2.05, 4.69) is 0 Å². The van der Waals surface area contributed by atoms with Gasteiger partial charge >= 0.3 is 5.97 Å². The van der Waals surface area contributed by atoms with Crippen LogP contribution in [0.3, 0.4) is 0 Å². The van der Waals surface area contributed by atoms with Gasteiger partial charge in [0.2, 0.25) is 0 Å². The summed E-state index contributed by atoms with van der Waals surface area (Å²) in [5, 5.41) is 8.77. The summed E-state index contributed by atoms with van der Waals surface area (Å²) in [6, 6.07) is 3.36. The fourth-order valence-corrected chi connectivity index (χ4v) is 1.02. The second-order valence-corrected chi connectivity index (χ2v) is 3.11. The van der Waals surface area contributed by atoms with E-state index in [-0.39, 0.29) is 17.4 Å². The third-order valence-corrected chi connectivity index (χ3v) is 1.54. The van der Waals surface area contributed by atoms with Crippen molar-refractivity contribution in [2.75, 3.05) is 0 Å². The maximum Gasteiger partial charge on any atom is 0.339 e. The van der Waals surface area contributed by atoms with E-state index < -0.39 is 11.8 Å². The summed E-state index contributed by atoms with van der Waals surface area (Å²) in [4.78, 5) is 10.7. The summed E-state index contributed by atoms with van der Waals surface area (Å²) in [7, 11) is 0. The van der Waals surface area contributed by atoms with Crippen molar-refractivity contribution in [1.82, 2.24) is 0 Å². The summed E-state index contributed by atoms with van der Waals surface area (Å²) in [6.07, 6.45) is -0.185. The maximum atomic E-state index is 12.8. The summed E-state index contributed by atoms with van der Waals surface area (Å²) in [6.45, 7) is 3.49. The molecule has 0 aliphatic carbocycles. The molecule has 4 heteroatoms. The van der Waals surface area contributed by atoms with E-state index in [0.29, 0.717) is 0 Å². The van der Waals surface area contributed by atoms with Gasteiger partial charge in [-0.3, -0.25) is 0 Å². The van der Waals surface area contributed by atoms with Crippen molar-refractivity contribution < 1.29 is 19.0 Å². The van der Waals surface area contributed by atoms with E-state index in [1.54, 1.807) is 13.8 Å². The second kappa shape index (κ2) is 4.09. The van der Waals surface area contributed by atoms with Gasteiger partial charge in [-0.2, -0.15) is 0 Å². The Bertz CT molecular complexity index is 347. The monoisotopic (exact) mass is 198 g/mol. The minimum atomic E-state index is -1.12. The molecule has 3 nitrogen and oxygen atoms in total. The summed E-state index contributed by atoms with van der Waals surface area (Å²) < 4.78 is 18.0. The largest absolute Gasteiger partial charge is 0.490 e. The van der Waals surface area contributed by atoms with Crippen LogP contribution in [-0.2, 0) is 0 Å². The zero-order chi connectivity index (χ0) is 10.7. The van der Waals surface area contributed by atoms with Gasteiger partial charge in [-0.1, -0.05) is 0 Å². The predicted octanol–water partition coefficient (Wildman–Crippen LogP) is 2.31. The Hall–Kier alpha value is -1.58. The van der Waals surface area contributed by atoms with Crippen LogP contribution < -0.4 is 4.74 Å². The van der Waals surface area contributed by atoms with Gasteiger partial charge in [0.05, 0.1) is 6.10 Å². The summed E-state index contributed by atoms with van der Waals surface area (Å²) >= 11 is 0. The van der Waals surface area contributed by atoms with Crippen LogP contribution in [0.5, 0.6) is 5.75 Å². The van der Waals surface area contributed by atoms with Crippen molar-refractivity contribution in [3.8, 4) is 5.75 Å². The zero-order valence-electron chi connectivity index (χ0n) is 7.95. The minimum absolute atomic E-state index is 0.0277. The standard InChI is InChI=1S/C10H11FO3/c1-6(2)14-9-5-7(11)3-4-8(9)10(12)13/h3-6H,1-2H3,(H,12,13). The van der Waals surface area contributed by atoms with Gasteiger partial charge in [-0.05, 0) is 26.0 Å². The first-order valence-corrected chi connectivity index (χ1v) is 4.20. The van der Waals surface area contributed by atoms with Crippen LogP contribution in [0.25, 0.3) is 0 Å². The van der Waals surface area contributed by atoms with E-state index >= 15 is 0 Å². The molecular formula is C10H11FO3. The quantitative estimate of drug-likeness (QED) is 0.810. The Morgan fingerprint density at radius 3 is 2.64 bits per heavy atom. The fourth-order valence-electron chi connectivity index (χ4n) is 1.02. The molecule has 0 bridgehead atoms. The van der Waals surface area contributed by atoms with Crippen LogP contribution in [0.15, 0.2) is 18.2 Å². The lowest BCUT2D eigenvalue weighted by Crippen LogP contribution is -2.10. The predicted molar refractivity (Wildman–Crippen MR) is 49.1 cm³/mol. The van der Waals surface area contributed by atoms with Crippen molar-refractivity contribution in [3.63, 3.8) is 0 Å². The lowest BCUT2D eigenvalue weighted by molar-refractivity contribution is 0.0690. The number of hydrogen-bond donors (Lipinski definition) is 1. The van der Waals surface area contributed by atoms with Crippen molar-refractivity contribution >= 4 is 5.97 Å². The van der Waals surface area contributed by atoms with E-state index in [9.17, 15) is 9.18 Å². The number of halogens is 1. The highest BCUT2D eigenvalue weighted by Gasteiger charge is 2.12. The van der Waals surface area contributed by atoms with E-state index in [0.717, 1.165) is 12.1 Å². The first kappa shape index (κ1) is 10.5. The van der Waals surface area contributed by atoms with Crippen LogP contribution in [0, 0.1) is 5.82 Å². The normalized spacial score (nSPS) is 10.3. The Kier molecular flexibility index (Phi) is 3.06. The number of benzene rings is 1. The lowest BCUT2D eigenvalue weighted by atomic mass is 10.2. The highest BCUT2D eigenvalue weighted by atomic mass is 19.1. The molecular weight excluding hydrogens is 187 g/mol. The molecule has 0 radical (unpaired) electrons. The summed E-state index contributed by atoms with van der Waals surface area (Å²) in [5.41, 5.74) is -0.0277.